The van der Waals surface area contributed by atoms with Gasteiger partial charge in [-0.25, -0.2) is 4.39 Å². The van der Waals surface area contributed by atoms with E-state index >= 15 is 0 Å². The highest BCUT2D eigenvalue weighted by molar-refractivity contribution is 6.08. The maximum Gasteiger partial charge on any atom is 0.256 e. The molecule has 1 amide bonds. The summed E-state index contributed by atoms with van der Waals surface area (Å²) in [5.74, 6) is 2.60. The Hall–Kier alpha value is -3.13. The SMILES string of the molecule is C#CCn1nc(NC(=O)c2ccc(F)cc2)c2cccc(C(C)C)c21. The van der Waals surface area contributed by atoms with E-state index in [1.165, 1.54) is 24.3 Å². The molecule has 5 heteroatoms. The van der Waals surface area contributed by atoms with Gasteiger partial charge in [0.05, 0.1) is 5.52 Å². The summed E-state index contributed by atoms with van der Waals surface area (Å²) in [6, 6.07) is 11.2. The fraction of sp³-hybridized carbons (Fsp3) is 0.200. The molecule has 126 valence electrons. The van der Waals surface area contributed by atoms with Crippen LogP contribution in [0.4, 0.5) is 10.2 Å². The zero-order valence-electron chi connectivity index (χ0n) is 14.1. The van der Waals surface area contributed by atoms with Crippen LogP contribution in [0.1, 0.15) is 35.7 Å². The van der Waals surface area contributed by atoms with E-state index in [9.17, 15) is 9.18 Å². The third-order valence-corrected chi connectivity index (χ3v) is 4.00. The molecule has 0 radical (unpaired) electrons. The summed E-state index contributed by atoms with van der Waals surface area (Å²) in [5.41, 5.74) is 2.40. The average Bonchev–Trinajstić information content (AvgIpc) is 2.93. The first-order valence-corrected chi connectivity index (χ1v) is 8.01. The Morgan fingerprint density at radius 1 is 1.28 bits per heavy atom. The summed E-state index contributed by atoms with van der Waals surface area (Å²) in [5, 5.41) is 8.11. The van der Waals surface area contributed by atoms with Crippen LogP contribution >= 0.6 is 0 Å². The molecule has 4 nitrogen and oxygen atoms in total. The Kier molecular flexibility index (Phi) is 4.53. The van der Waals surface area contributed by atoms with Crippen LogP contribution in [0.2, 0.25) is 0 Å². The lowest BCUT2D eigenvalue weighted by molar-refractivity contribution is 0.102. The van der Waals surface area contributed by atoms with Crippen molar-refractivity contribution in [2.24, 2.45) is 0 Å². The van der Waals surface area contributed by atoms with E-state index in [-0.39, 0.29) is 17.6 Å². The number of anilines is 1. The van der Waals surface area contributed by atoms with Crippen LogP contribution in [-0.2, 0) is 6.54 Å². The number of benzene rings is 2. The van der Waals surface area contributed by atoms with Crippen molar-refractivity contribution in [2.75, 3.05) is 5.32 Å². The first kappa shape index (κ1) is 16.7. The number of rotatable bonds is 4. The molecule has 0 aliphatic heterocycles. The Bertz CT molecular complexity index is 965. The number of hydrogen-bond donors (Lipinski definition) is 1. The molecule has 1 N–H and O–H groups in total. The van der Waals surface area contributed by atoms with Gasteiger partial charge in [0.15, 0.2) is 5.82 Å². The summed E-state index contributed by atoms with van der Waals surface area (Å²) in [6.07, 6.45) is 5.46. The molecule has 0 saturated heterocycles. The van der Waals surface area contributed by atoms with E-state index in [1.54, 1.807) is 4.68 Å². The molecule has 3 aromatic rings. The van der Waals surface area contributed by atoms with Crippen molar-refractivity contribution in [1.29, 1.82) is 0 Å². The number of fused-ring (bicyclic) bond motifs is 1. The van der Waals surface area contributed by atoms with Gasteiger partial charge in [0, 0.05) is 10.9 Å². The number of nitrogens with zero attached hydrogens (tertiary/aromatic N) is 2. The number of carbonyl (C=O) groups excluding carboxylic acids is 1. The second-order valence-electron chi connectivity index (χ2n) is 6.07. The number of para-hydroxylation sites is 1. The molecule has 2 aromatic carbocycles. The highest BCUT2D eigenvalue weighted by atomic mass is 19.1. The number of carbonyl (C=O) groups is 1. The Labute approximate surface area is 145 Å². The maximum absolute atomic E-state index is 13.0. The molecule has 0 aliphatic rings. The highest BCUT2D eigenvalue weighted by Crippen LogP contribution is 2.30. The first-order chi connectivity index (χ1) is 12.0. The maximum atomic E-state index is 13.0. The fourth-order valence-corrected chi connectivity index (χ4v) is 2.81. The molecule has 1 aromatic heterocycles. The van der Waals surface area contributed by atoms with Crippen molar-refractivity contribution < 1.29 is 9.18 Å². The van der Waals surface area contributed by atoms with E-state index in [0.29, 0.717) is 17.9 Å². The van der Waals surface area contributed by atoms with Gasteiger partial charge in [-0.15, -0.1) is 6.42 Å². The van der Waals surface area contributed by atoms with Crippen LogP contribution in [0, 0.1) is 18.2 Å². The molecule has 0 fully saturated rings. The summed E-state index contributed by atoms with van der Waals surface area (Å²) in [4.78, 5) is 12.4. The average molecular weight is 335 g/mol. The zero-order chi connectivity index (χ0) is 18.0. The van der Waals surface area contributed by atoms with Gasteiger partial charge in [-0.1, -0.05) is 31.9 Å². The van der Waals surface area contributed by atoms with Gasteiger partial charge in [0.1, 0.15) is 12.4 Å². The summed E-state index contributed by atoms with van der Waals surface area (Å²) >= 11 is 0. The number of halogens is 1. The fourth-order valence-electron chi connectivity index (χ4n) is 2.81. The standard InChI is InChI=1S/C20H18FN3O/c1-4-12-24-18-16(13(2)3)6-5-7-17(18)19(23-24)22-20(25)14-8-10-15(21)11-9-14/h1,5-11,13H,12H2,2-3H3,(H,22,23,25). The lowest BCUT2D eigenvalue weighted by Gasteiger charge is -2.09. The largest absolute Gasteiger partial charge is 0.305 e. The Morgan fingerprint density at radius 3 is 2.64 bits per heavy atom. The molecule has 25 heavy (non-hydrogen) atoms. The minimum absolute atomic E-state index is 0.289. The predicted octanol–water partition coefficient (Wildman–Crippen LogP) is 4.18. The topological polar surface area (TPSA) is 46.9 Å². The Morgan fingerprint density at radius 2 is 2.00 bits per heavy atom. The van der Waals surface area contributed by atoms with Gasteiger partial charge in [0.2, 0.25) is 0 Å². The minimum Gasteiger partial charge on any atom is -0.305 e. The van der Waals surface area contributed by atoms with Crippen molar-refractivity contribution in [2.45, 2.75) is 26.3 Å². The monoisotopic (exact) mass is 335 g/mol. The van der Waals surface area contributed by atoms with Crippen LogP contribution < -0.4 is 5.32 Å². The van der Waals surface area contributed by atoms with Crippen molar-refractivity contribution in [3.63, 3.8) is 0 Å². The second kappa shape index (κ2) is 6.78. The second-order valence-corrected chi connectivity index (χ2v) is 6.07. The minimum atomic E-state index is -0.387. The van der Waals surface area contributed by atoms with E-state index in [0.717, 1.165) is 16.5 Å². The van der Waals surface area contributed by atoms with Crippen LogP contribution in [0.15, 0.2) is 42.5 Å². The van der Waals surface area contributed by atoms with E-state index in [4.69, 9.17) is 6.42 Å². The van der Waals surface area contributed by atoms with Crippen LogP contribution in [-0.4, -0.2) is 15.7 Å². The summed E-state index contributed by atoms with van der Waals surface area (Å²) in [7, 11) is 0. The molecule has 0 bridgehead atoms. The summed E-state index contributed by atoms with van der Waals surface area (Å²) < 4.78 is 14.8. The molecule has 0 unspecified atom stereocenters. The van der Waals surface area contributed by atoms with Crippen LogP contribution in [0.3, 0.4) is 0 Å². The van der Waals surface area contributed by atoms with Gasteiger partial charge in [-0.3, -0.25) is 9.48 Å². The third kappa shape index (κ3) is 3.24. The number of nitrogens with one attached hydrogen (secondary N) is 1. The molecule has 0 saturated carbocycles. The third-order valence-electron chi connectivity index (χ3n) is 4.00. The molecule has 0 aliphatic carbocycles. The molecular weight excluding hydrogens is 317 g/mol. The van der Waals surface area contributed by atoms with Gasteiger partial charge >= 0.3 is 0 Å². The molecular formula is C20H18FN3O. The van der Waals surface area contributed by atoms with Crippen LogP contribution in [0.25, 0.3) is 10.9 Å². The first-order valence-electron chi connectivity index (χ1n) is 8.01. The Balaban J connectivity index is 2.05. The predicted molar refractivity (Wildman–Crippen MR) is 97.0 cm³/mol. The van der Waals surface area contributed by atoms with E-state index in [1.807, 2.05) is 18.2 Å². The molecule has 3 rings (SSSR count). The van der Waals surface area contributed by atoms with Crippen LogP contribution in [0.5, 0.6) is 0 Å². The normalized spacial score (nSPS) is 10.8. The van der Waals surface area contributed by atoms with E-state index < -0.39 is 0 Å². The molecule has 0 atom stereocenters. The number of aromatic nitrogens is 2. The van der Waals surface area contributed by atoms with Gasteiger partial charge in [-0.05, 0) is 41.8 Å². The van der Waals surface area contributed by atoms with Gasteiger partial charge in [-0.2, -0.15) is 5.10 Å². The lowest BCUT2D eigenvalue weighted by Crippen LogP contribution is -2.12. The van der Waals surface area contributed by atoms with Gasteiger partial charge < -0.3 is 5.32 Å². The van der Waals surface area contributed by atoms with Crippen molar-refractivity contribution in [3.05, 3.63) is 59.4 Å². The van der Waals surface area contributed by atoms with Crippen molar-refractivity contribution in [1.82, 2.24) is 9.78 Å². The lowest BCUT2D eigenvalue weighted by atomic mass is 10.0. The molecule has 1 heterocycles. The van der Waals surface area contributed by atoms with Crippen molar-refractivity contribution in [3.8, 4) is 12.3 Å². The van der Waals surface area contributed by atoms with Gasteiger partial charge in [0.25, 0.3) is 5.91 Å². The number of terminal acetylenes is 1. The molecule has 0 spiro atoms. The highest BCUT2D eigenvalue weighted by Gasteiger charge is 2.17. The zero-order valence-corrected chi connectivity index (χ0v) is 14.1. The summed E-state index contributed by atoms with van der Waals surface area (Å²) in [6.45, 7) is 4.50. The smallest absolute Gasteiger partial charge is 0.256 e. The quantitative estimate of drug-likeness (QED) is 0.727. The van der Waals surface area contributed by atoms with Crippen molar-refractivity contribution >= 4 is 22.6 Å². The number of hydrogen-bond acceptors (Lipinski definition) is 2. The van der Waals surface area contributed by atoms with E-state index in [2.05, 4.69) is 30.2 Å². The number of amides is 1.